The Balaban J connectivity index is 1.91. The molecule has 0 saturated heterocycles. The summed E-state index contributed by atoms with van der Waals surface area (Å²) in [5.41, 5.74) is 3.79. The minimum Gasteiger partial charge on any atom is -0.384 e. The van der Waals surface area contributed by atoms with Crippen molar-refractivity contribution < 1.29 is 0 Å². The van der Waals surface area contributed by atoms with Gasteiger partial charge in [0.2, 0.25) is 0 Å². The smallest absolute Gasteiger partial charge is 0.0487 e. The van der Waals surface area contributed by atoms with Crippen molar-refractivity contribution in [3.8, 4) is 0 Å². The standard InChI is InChI=1S/C16H18N2S2/c1-12-7-8-14-16(11-12)20-19-15-6-3-2-5-13(15)17-9-4-10-18-14/h2-3,5-8,11,17-18H,4,9-10H2,1H3. The summed E-state index contributed by atoms with van der Waals surface area (Å²) in [6.07, 6.45) is 1.11. The van der Waals surface area contributed by atoms with Crippen molar-refractivity contribution in [2.24, 2.45) is 0 Å². The van der Waals surface area contributed by atoms with Crippen molar-refractivity contribution in [1.29, 1.82) is 0 Å². The van der Waals surface area contributed by atoms with Gasteiger partial charge in [-0.1, -0.05) is 39.8 Å². The predicted octanol–water partition coefficient (Wildman–Crippen LogP) is 5.02. The highest BCUT2D eigenvalue weighted by Gasteiger charge is 2.09. The molecule has 4 heteroatoms. The summed E-state index contributed by atoms with van der Waals surface area (Å²) >= 11 is 0. The first-order chi connectivity index (χ1) is 9.83. The highest BCUT2D eigenvalue weighted by Crippen LogP contribution is 2.44. The number of hydrogen-bond donors (Lipinski definition) is 2. The summed E-state index contributed by atoms with van der Waals surface area (Å²) in [6, 6.07) is 15.1. The van der Waals surface area contributed by atoms with Crippen molar-refractivity contribution >= 4 is 33.0 Å². The minimum absolute atomic E-state index is 0.996. The molecule has 3 rings (SSSR count). The Morgan fingerprint density at radius 2 is 1.55 bits per heavy atom. The number of nitrogens with one attached hydrogen (secondary N) is 2. The first kappa shape index (κ1) is 13.7. The van der Waals surface area contributed by atoms with Gasteiger partial charge < -0.3 is 10.6 Å². The molecule has 104 valence electrons. The molecule has 0 amide bonds. The second-order valence-electron chi connectivity index (χ2n) is 4.87. The Labute approximate surface area is 128 Å². The number of rotatable bonds is 0. The third-order valence-electron chi connectivity index (χ3n) is 3.23. The Bertz CT molecular complexity index is 599. The third kappa shape index (κ3) is 3.25. The number of aryl methyl sites for hydroxylation is 1. The third-order valence-corrected chi connectivity index (χ3v) is 5.69. The molecule has 0 unspecified atom stereocenters. The van der Waals surface area contributed by atoms with Gasteiger partial charge >= 0.3 is 0 Å². The van der Waals surface area contributed by atoms with Crippen LogP contribution in [-0.2, 0) is 0 Å². The molecule has 1 aliphatic rings. The number of fused-ring (bicyclic) bond motifs is 2. The molecule has 0 saturated carbocycles. The lowest BCUT2D eigenvalue weighted by Gasteiger charge is -2.11. The van der Waals surface area contributed by atoms with Gasteiger partial charge in [0.1, 0.15) is 0 Å². The number of para-hydroxylation sites is 1. The van der Waals surface area contributed by atoms with E-state index in [9.17, 15) is 0 Å². The van der Waals surface area contributed by atoms with E-state index in [4.69, 9.17) is 0 Å². The maximum atomic E-state index is 3.54. The molecule has 0 atom stereocenters. The average Bonchev–Trinajstić information content (AvgIpc) is 2.50. The van der Waals surface area contributed by atoms with Crippen LogP contribution >= 0.6 is 21.6 Å². The van der Waals surface area contributed by atoms with Crippen LogP contribution in [0.3, 0.4) is 0 Å². The van der Waals surface area contributed by atoms with Crippen molar-refractivity contribution in [3.63, 3.8) is 0 Å². The molecule has 0 bridgehead atoms. The van der Waals surface area contributed by atoms with Crippen molar-refractivity contribution in [3.05, 3.63) is 48.0 Å². The molecule has 1 aliphatic heterocycles. The number of hydrogen-bond acceptors (Lipinski definition) is 4. The predicted molar refractivity (Wildman–Crippen MR) is 90.9 cm³/mol. The molecule has 1 heterocycles. The van der Waals surface area contributed by atoms with E-state index in [1.54, 1.807) is 0 Å². The lowest BCUT2D eigenvalue weighted by molar-refractivity contribution is 0.904. The van der Waals surface area contributed by atoms with Crippen molar-refractivity contribution in [2.45, 2.75) is 23.1 Å². The van der Waals surface area contributed by atoms with Gasteiger partial charge in [-0.3, -0.25) is 0 Å². The van der Waals surface area contributed by atoms with E-state index in [2.05, 4.69) is 60.0 Å². The Hall–Kier alpha value is -1.26. The van der Waals surface area contributed by atoms with Crippen LogP contribution in [0.4, 0.5) is 11.4 Å². The Kier molecular flexibility index (Phi) is 4.43. The molecule has 20 heavy (non-hydrogen) atoms. The Morgan fingerprint density at radius 1 is 0.850 bits per heavy atom. The second-order valence-corrected chi connectivity index (χ2v) is 7.08. The summed E-state index contributed by atoms with van der Waals surface area (Å²) in [4.78, 5) is 2.61. The monoisotopic (exact) mass is 302 g/mol. The first-order valence-corrected chi connectivity index (χ1v) is 9.00. The highest BCUT2D eigenvalue weighted by atomic mass is 33.1. The van der Waals surface area contributed by atoms with Gasteiger partial charge in [-0.2, -0.15) is 0 Å². The lowest BCUT2D eigenvalue weighted by atomic mass is 10.2. The van der Waals surface area contributed by atoms with E-state index in [1.165, 1.54) is 26.7 Å². The summed E-state index contributed by atoms with van der Waals surface area (Å²) in [5.74, 6) is 0. The van der Waals surface area contributed by atoms with E-state index in [0.717, 1.165) is 19.5 Å². The molecule has 2 N–H and O–H groups in total. The second kappa shape index (κ2) is 6.46. The van der Waals surface area contributed by atoms with Crippen LogP contribution < -0.4 is 10.6 Å². The number of anilines is 2. The van der Waals surface area contributed by atoms with Gasteiger partial charge in [0.15, 0.2) is 0 Å². The summed E-state index contributed by atoms with van der Waals surface area (Å²) in [5, 5.41) is 7.07. The topological polar surface area (TPSA) is 24.1 Å². The molecule has 2 nitrogen and oxygen atoms in total. The van der Waals surface area contributed by atoms with Gasteiger partial charge in [-0.25, -0.2) is 0 Å². The van der Waals surface area contributed by atoms with E-state index in [-0.39, 0.29) is 0 Å². The van der Waals surface area contributed by atoms with Gasteiger partial charge in [-0.05, 0) is 43.2 Å². The maximum absolute atomic E-state index is 3.54. The average molecular weight is 302 g/mol. The SMILES string of the molecule is Cc1ccc2c(c1)SSc1ccccc1NCCCN2. The summed E-state index contributed by atoms with van der Waals surface area (Å²) in [6.45, 7) is 4.14. The van der Waals surface area contributed by atoms with Gasteiger partial charge in [0, 0.05) is 34.3 Å². The van der Waals surface area contributed by atoms with Gasteiger partial charge in [-0.15, -0.1) is 0 Å². The van der Waals surface area contributed by atoms with E-state index < -0.39 is 0 Å². The fourth-order valence-corrected chi connectivity index (χ4v) is 4.55. The molecular formula is C16H18N2S2. The highest BCUT2D eigenvalue weighted by molar-refractivity contribution is 8.76. The fourth-order valence-electron chi connectivity index (χ4n) is 2.15. The zero-order chi connectivity index (χ0) is 13.8. The van der Waals surface area contributed by atoms with Crippen LogP contribution in [0.5, 0.6) is 0 Å². The van der Waals surface area contributed by atoms with E-state index >= 15 is 0 Å². The van der Waals surface area contributed by atoms with Crippen LogP contribution in [0.15, 0.2) is 52.3 Å². The normalized spacial score (nSPS) is 15.1. The van der Waals surface area contributed by atoms with Crippen LogP contribution in [-0.4, -0.2) is 13.1 Å². The fraction of sp³-hybridized carbons (Fsp3) is 0.250. The first-order valence-electron chi connectivity index (χ1n) is 6.85. The zero-order valence-electron chi connectivity index (χ0n) is 11.5. The molecule has 0 radical (unpaired) electrons. The number of benzene rings is 2. The maximum Gasteiger partial charge on any atom is 0.0487 e. The largest absolute Gasteiger partial charge is 0.384 e. The molecule has 0 fully saturated rings. The molecule has 2 aromatic rings. The minimum atomic E-state index is 0.996. The summed E-state index contributed by atoms with van der Waals surface area (Å²) < 4.78 is 0. The van der Waals surface area contributed by atoms with Crippen LogP contribution in [0.25, 0.3) is 0 Å². The molecule has 2 aromatic carbocycles. The van der Waals surface area contributed by atoms with Crippen molar-refractivity contribution in [1.82, 2.24) is 0 Å². The van der Waals surface area contributed by atoms with Gasteiger partial charge in [0.25, 0.3) is 0 Å². The molecule has 0 spiro atoms. The van der Waals surface area contributed by atoms with Gasteiger partial charge in [0.05, 0.1) is 0 Å². The van der Waals surface area contributed by atoms with E-state index in [0.29, 0.717) is 0 Å². The molecule has 0 aromatic heterocycles. The van der Waals surface area contributed by atoms with Crippen LogP contribution in [0.2, 0.25) is 0 Å². The quantitative estimate of drug-likeness (QED) is 0.667. The van der Waals surface area contributed by atoms with Crippen LogP contribution in [0, 0.1) is 6.92 Å². The molecule has 0 aliphatic carbocycles. The summed E-state index contributed by atoms with van der Waals surface area (Å²) in [7, 11) is 3.65. The molecular weight excluding hydrogens is 284 g/mol. The van der Waals surface area contributed by atoms with Crippen LogP contribution in [0.1, 0.15) is 12.0 Å². The van der Waals surface area contributed by atoms with Crippen molar-refractivity contribution in [2.75, 3.05) is 23.7 Å². The zero-order valence-corrected chi connectivity index (χ0v) is 13.1. The Morgan fingerprint density at radius 3 is 2.40 bits per heavy atom. The van der Waals surface area contributed by atoms with E-state index in [1.807, 2.05) is 21.6 Å². The lowest BCUT2D eigenvalue weighted by Crippen LogP contribution is -2.09.